The molecule has 5 heteroatoms. The fraction of sp³-hybridized carbons (Fsp3) is 0.278. The summed E-state index contributed by atoms with van der Waals surface area (Å²) in [5.41, 5.74) is 2.10. The third-order valence-electron chi connectivity index (χ3n) is 4.63. The monoisotopic (exact) mass is 312 g/mol. The van der Waals surface area contributed by atoms with Crippen molar-refractivity contribution >= 4 is 16.8 Å². The van der Waals surface area contributed by atoms with Gasteiger partial charge in [0.1, 0.15) is 5.82 Å². The molecule has 0 radical (unpaired) electrons. The van der Waals surface area contributed by atoms with Gasteiger partial charge in [-0.15, -0.1) is 0 Å². The van der Waals surface area contributed by atoms with Gasteiger partial charge in [-0.2, -0.15) is 0 Å². The third-order valence-corrected chi connectivity index (χ3v) is 4.63. The number of furan rings is 1. The first-order valence-corrected chi connectivity index (χ1v) is 7.81. The van der Waals surface area contributed by atoms with E-state index in [0.717, 1.165) is 29.3 Å². The Balaban J connectivity index is 1.51. The Morgan fingerprint density at radius 3 is 2.83 bits per heavy atom. The predicted molar refractivity (Wildman–Crippen MR) is 84.8 cm³/mol. The zero-order valence-corrected chi connectivity index (χ0v) is 12.6. The minimum atomic E-state index is -0.219. The van der Waals surface area contributed by atoms with Gasteiger partial charge in [-0.25, -0.2) is 4.39 Å². The van der Waals surface area contributed by atoms with Crippen molar-refractivity contribution in [2.75, 3.05) is 13.1 Å². The van der Waals surface area contributed by atoms with Crippen LogP contribution in [0.4, 0.5) is 4.39 Å². The number of nitrogens with zero attached hydrogens (tertiary/aromatic N) is 1. The van der Waals surface area contributed by atoms with Gasteiger partial charge in [0.25, 0.3) is 5.91 Å². The summed E-state index contributed by atoms with van der Waals surface area (Å²) in [6, 6.07) is 8.23. The highest BCUT2D eigenvalue weighted by atomic mass is 19.1. The molecule has 23 heavy (non-hydrogen) atoms. The van der Waals surface area contributed by atoms with E-state index in [1.165, 1.54) is 12.3 Å². The van der Waals surface area contributed by atoms with E-state index in [4.69, 9.17) is 4.42 Å². The van der Waals surface area contributed by atoms with E-state index in [1.54, 1.807) is 24.3 Å². The van der Waals surface area contributed by atoms with Gasteiger partial charge < -0.3 is 14.3 Å². The number of halogens is 1. The number of amides is 1. The van der Waals surface area contributed by atoms with Crippen molar-refractivity contribution in [2.45, 2.75) is 18.8 Å². The number of aromatic amines is 1. The van der Waals surface area contributed by atoms with Crippen LogP contribution in [0.25, 0.3) is 10.9 Å². The Kier molecular flexibility index (Phi) is 3.41. The van der Waals surface area contributed by atoms with Crippen LogP contribution in [-0.4, -0.2) is 28.9 Å². The lowest BCUT2D eigenvalue weighted by molar-refractivity contribution is 0.0681. The molecule has 1 aromatic carbocycles. The second-order valence-electron chi connectivity index (χ2n) is 5.98. The molecule has 1 aliphatic rings. The molecular formula is C18H17FN2O2. The van der Waals surface area contributed by atoms with Gasteiger partial charge in [0.2, 0.25) is 0 Å². The number of nitrogens with one attached hydrogen (secondary N) is 1. The molecule has 0 saturated carbocycles. The van der Waals surface area contributed by atoms with Crippen molar-refractivity contribution in [3.05, 3.63) is 59.9 Å². The highest BCUT2D eigenvalue weighted by Gasteiger charge is 2.27. The van der Waals surface area contributed by atoms with Crippen molar-refractivity contribution in [1.29, 1.82) is 0 Å². The standard InChI is InChI=1S/C18H17FN2O2/c19-13-3-4-16-14(10-13)15(11-20-16)12-5-7-21(8-6-12)18(22)17-2-1-9-23-17/h1-4,9-12,20H,5-8H2. The molecule has 1 N–H and O–H groups in total. The van der Waals surface area contributed by atoms with E-state index in [1.807, 2.05) is 11.1 Å². The molecule has 1 saturated heterocycles. The van der Waals surface area contributed by atoms with Crippen LogP contribution < -0.4 is 0 Å². The minimum Gasteiger partial charge on any atom is -0.459 e. The Hall–Kier alpha value is -2.56. The van der Waals surface area contributed by atoms with Crippen LogP contribution in [0.3, 0.4) is 0 Å². The Bertz CT molecular complexity index is 830. The second kappa shape index (κ2) is 5.57. The fourth-order valence-electron chi connectivity index (χ4n) is 3.40. The molecule has 4 nitrogen and oxygen atoms in total. The first-order chi connectivity index (χ1) is 11.2. The normalized spacial score (nSPS) is 16.1. The quantitative estimate of drug-likeness (QED) is 0.779. The molecule has 3 aromatic rings. The molecule has 0 atom stereocenters. The van der Waals surface area contributed by atoms with Gasteiger partial charge >= 0.3 is 0 Å². The average molecular weight is 312 g/mol. The predicted octanol–water partition coefficient (Wildman–Crippen LogP) is 3.92. The molecule has 0 aliphatic carbocycles. The van der Waals surface area contributed by atoms with Gasteiger partial charge in [-0.3, -0.25) is 4.79 Å². The number of carbonyl (C=O) groups excluding carboxylic acids is 1. The first-order valence-electron chi connectivity index (χ1n) is 7.81. The number of hydrogen-bond donors (Lipinski definition) is 1. The lowest BCUT2D eigenvalue weighted by Gasteiger charge is -2.31. The molecule has 1 amide bonds. The maximum absolute atomic E-state index is 13.5. The maximum atomic E-state index is 13.5. The maximum Gasteiger partial charge on any atom is 0.289 e. The number of rotatable bonds is 2. The molecule has 0 unspecified atom stereocenters. The van der Waals surface area contributed by atoms with Gasteiger partial charge in [-0.05, 0) is 54.7 Å². The highest BCUT2D eigenvalue weighted by Crippen LogP contribution is 2.33. The molecule has 0 spiro atoms. The number of piperidine rings is 1. The van der Waals surface area contributed by atoms with E-state index in [-0.39, 0.29) is 11.7 Å². The Morgan fingerprint density at radius 2 is 2.09 bits per heavy atom. The zero-order valence-electron chi connectivity index (χ0n) is 12.6. The lowest BCUT2D eigenvalue weighted by Crippen LogP contribution is -2.37. The topological polar surface area (TPSA) is 49.2 Å². The summed E-state index contributed by atoms with van der Waals surface area (Å²) >= 11 is 0. The summed E-state index contributed by atoms with van der Waals surface area (Å²) in [6.45, 7) is 1.37. The van der Waals surface area contributed by atoms with Crippen molar-refractivity contribution in [3.8, 4) is 0 Å². The molecular weight excluding hydrogens is 295 g/mol. The van der Waals surface area contributed by atoms with E-state index >= 15 is 0 Å². The highest BCUT2D eigenvalue weighted by molar-refractivity contribution is 5.91. The molecule has 118 valence electrons. The van der Waals surface area contributed by atoms with Crippen molar-refractivity contribution < 1.29 is 13.6 Å². The van der Waals surface area contributed by atoms with Crippen molar-refractivity contribution in [1.82, 2.24) is 9.88 Å². The van der Waals surface area contributed by atoms with Crippen LogP contribution in [0.1, 0.15) is 34.9 Å². The minimum absolute atomic E-state index is 0.0570. The summed E-state index contributed by atoms with van der Waals surface area (Å²) in [6.07, 6.45) is 5.23. The number of likely N-dealkylation sites (tertiary alicyclic amines) is 1. The Labute approximate surface area is 132 Å². The second-order valence-corrected chi connectivity index (χ2v) is 5.98. The molecule has 1 aliphatic heterocycles. The molecule has 1 fully saturated rings. The number of hydrogen-bond acceptors (Lipinski definition) is 2. The van der Waals surface area contributed by atoms with Crippen LogP contribution >= 0.6 is 0 Å². The van der Waals surface area contributed by atoms with E-state index in [0.29, 0.717) is 24.8 Å². The molecule has 2 aromatic heterocycles. The molecule has 3 heterocycles. The van der Waals surface area contributed by atoms with E-state index in [2.05, 4.69) is 4.98 Å². The van der Waals surface area contributed by atoms with Crippen LogP contribution in [0.2, 0.25) is 0 Å². The lowest BCUT2D eigenvalue weighted by atomic mass is 9.89. The largest absolute Gasteiger partial charge is 0.459 e. The first kappa shape index (κ1) is 14.1. The summed E-state index contributed by atoms with van der Waals surface area (Å²) in [4.78, 5) is 17.3. The SMILES string of the molecule is O=C(c1ccco1)N1CCC(c2c[nH]c3ccc(F)cc23)CC1. The van der Waals surface area contributed by atoms with Gasteiger partial charge in [0, 0.05) is 30.2 Å². The van der Waals surface area contributed by atoms with Crippen molar-refractivity contribution in [2.24, 2.45) is 0 Å². The summed E-state index contributed by atoms with van der Waals surface area (Å²) in [7, 11) is 0. The molecule has 4 rings (SSSR count). The van der Waals surface area contributed by atoms with Crippen LogP contribution in [0.5, 0.6) is 0 Å². The van der Waals surface area contributed by atoms with E-state index in [9.17, 15) is 9.18 Å². The van der Waals surface area contributed by atoms with Crippen LogP contribution in [-0.2, 0) is 0 Å². The summed E-state index contributed by atoms with van der Waals surface area (Å²) < 4.78 is 18.7. The molecule has 0 bridgehead atoms. The fourth-order valence-corrected chi connectivity index (χ4v) is 3.40. The number of fused-ring (bicyclic) bond motifs is 1. The number of aromatic nitrogens is 1. The van der Waals surface area contributed by atoms with Gasteiger partial charge in [0.05, 0.1) is 6.26 Å². The Morgan fingerprint density at radius 1 is 1.26 bits per heavy atom. The third kappa shape index (κ3) is 2.52. The van der Waals surface area contributed by atoms with Gasteiger partial charge in [0.15, 0.2) is 5.76 Å². The summed E-state index contributed by atoms with van der Waals surface area (Å²) in [5, 5.41) is 0.945. The number of carbonyl (C=O) groups is 1. The van der Waals surface area contributed by atoms with E-state index < -0.39 is 0 Å². The summed E-state index contributed by atoms with van der Waals surface area (Å²) in [5.74, 6) is 0.450. The van der Waals surface area contributed by atoms with Crippen LogP contribution in [0.15, 0.2) is 47.2 Å². The average Bonchev–Trinajstić information content (AvgIpc) is 3.24. The van der Waals surface area contributed by atoms with Gasteiger partial charge in [-0.1, -0.05) is 0 Å². The smallest absolute Gasteiger partial charge is 0.289 e. The van der Waals surface area contributed by atoms with Crippen LogP contribution in [0, 0.1) is 5.82 Å². The zero-order chi connectivity index (χ0) is 15.8. The number of H-pyrrole nitrogens is 1. The number of benzene rings is 1. The van der Waals surface area contributed by atoms with Crippen molar-refractivity contribution in [3.63, 3.8) is 0 Å².